The smallest absolute Gasteiger partial charge is 0.129 e. The Morgan fingerprint density at radius 2 is 1.86 bits per heavy atom. The number of rotatable bonds is 9. The lowest BCUT2D eigenvalue weighted by atomic mass is 10.1. The first-order valence-corrected chi connectivity index (χ1v) is 8.41. The zero-order chi connectivity index (χ0) is 16.1. The van der Waals surface area contributed by atoms with Gasteiger partial charge in [-0.2, -0.15) is 0 Å². The number of hydrogen-bond acceptors (Lipinski definition) is 2. The van der Waals surface area contributed by atoms with E-state index in [4.69, 9.17) is 16.3 Å². The topological polar surface area (TPSA) is 26.3 Å². The second-order valence-corrected chi connectivity index (χ2v) is 5.34. The summed E-state index contributed by atoms with van der Waals surface area (Å²) in [5, 5.41) is 0.729. The first kappa shape index (κ1) is 20.0. The van der Waals surface area contributed by atoms with Crippen molar-refractivity contribution < 1.29 is 9.53 Å². The van der Waals surface area contributed by atoms with Gasteiger partial charge in [-0.05, 0) is 56.4 Å². The van der Waals surface area contributed by atoms with Gasteiger partial charge in [0.15, 0.2) is 0 Å². The number of unbranched alkanes of at least 4 members (excludes halogenated alkanes) is 2. The zero-order valence-electron chi connectivity index (χ0n) is 13.9. The largest absolute Gasteiger partial charge is 0.494 e. The molecule has 0 radical (unpaired) electrons. The highest BCUT2D eigenvalue weighted by atomic mass is 35.5. The molecule has 3 heteroatoms. The van der Waals surface area contributed by atoms with Crippen LogP contribution >= 0.6 is 11.6 Å². The van der Waals surface area contributed by atoms with E-state index in [1.165, 1.54) is 5.56 Å². The molecule has 1 aromatic carbocycles. The number of benzene rings is 1. The summed E-state index contributed by atoms with van der Waals surface area (Å²) in [6, 6.07) is 5.91. The number of hydrogen-bond donors (Lipinski definition) is 0. The summed E-state index contributed by atoms with van der Waals surface area (Å²) < 4.78 is 5.61. The van der Waals surface area contributed by atoms with Gasteiger partial charge in [0.25, 0.3) is 0 Å². The van der Waals surface area contributed by atoms with Gasteiger partial charge in [0, 0.05) is 11.4 Å². The van der Waals surface area contributed by atoms with E-state index in [0.29, 0.717) is 6.42 Å². The molecule has 0 aliphatic heterocycles. The molecule has 1 rings (SSSR count). The van der Waals surface area contributed by atoms with E-state index in [1.807, 2.05) is 26.0 Å². The van der Waals surface area contributed by atoms with Crippen molar-refractivity contribution in [1.29, 1.82) is 0 Å². The summed E-state index contributed by atoms with van der Waals surface area (Å²) in [6.45, 7) is 8.45. The maximum atomic E-state index is 10.8. The lowest BCUT2D eigenvalue weighted by Gasteiger charge is -2.08. The minimum Gasteiger partial charge on any atom is -0.494 e. The number of halogens is 1. The van der Waals surface area contributed by atoms with Crippen LogP contribution in [0, 0.1) is 0 Å². The van der Waals surface area contributed by atoms with Crippen LogP contribution in [0.3, 0.4) is 0 Å². The summed E-state index contributed by atoms with van der Waals surface area (Å²) >= 11 is 6.09. The van der Waals surface area contributed by atoms with Crippen molar-refractivity contribution in [2.24, 2.45) is 0 Å². The van der Waals surface area contributed by atoms with Crippen LogP contribution in [0.15, 0.2) is 18.2 Å². The summed E-state index contributed by atoms with van der Waals surface area (Å²) in [4.78, 5) is 10.8. The highest BCUT2D eigenvalue weighted by Crippen LogP contribution is 2.22. The minimum absolute atomic E-state index is 0.276. The number of aryl methyl sites for hydroxylation is 1. The van der Waals surface area contributed by atoms with Gasteiger partial charge >= 0.3 is 0 Å². The lowest BCUT2D eigenvalue weighted by molar-refractivity contribution is -0.117. The van der Waals surface area contributed by atoms with E-state index in [9.17, 15) is 4.79 Å². The van der Waals surface area contributed by atoms with Crippen LogP contribution in [-0.4, -0.2) is 12.4 Å². The molecule has 0 saturated carbocycles. The molecule has 0 spiro atoms. The highest BCUT2D eigenvalue weighted by Gasteiger charge is 2.01. The number of carbonyl (C=O) groups excluding carboxylic acids is 1. The van der Waals surface area contributed by atoms with Crippen molar-refractivity contribution >= 4 is 17.4 Å². The number of Topliss-reactive ketones (excluding diaryl/α,β-unsaturated/α-hetero) is 1. The zero-order valence-corrected chi connectivity index (χ0v) is 14.6. The molecule has 120 valence electrons. The fraction of sp³-hybridized carbons (Fsp3) is 0.611. The second kappa shape index (κ2) is 12.7. The third-order valence-electron chi connectivity index (χ3n) is 2.90. The maximum Gasteiger partial charge on any atom is 0.129 e. The van der Waals surface area contributed by atoms with Crippen molar-refractivity contribution in [3.63, 3.8) is 0 Å². The molecular formula is C18H29ClO2. The van der Waals surface area contributed by atoms with Crippen LogP contribution in [-0.2, 0) is 11.2 Å². The molecule has 2 nitrogen and oxygen atoms in total. The Bertz CT molecular complexity index is 402. The van der Waals surface area contributed by atoms with Crippen LogP contribution in [0.2, 0.25) is 5.02 Å². The van der Waals surface area contributed by atoms with E-state index >= 15 is 0 Å². The average Bonchev–Trinajstić information content (AvgIpc) is 2.46. The predicted molar refractivity (Wildman–Crippen MR) is 91.4 cm³/mol. The van der Waals surface area contributed by atoms with E-state index in [0.717, 1.165) is 49.5 Å². The Labute approximate surface area is 134 Å². The van der Waals surface area contributed by atoms with Gasteiger partial charge < -0.3 is 9.53 Å². The molecule has 1 aromatic rings. The average molecular weight is 313 g/mol. The summed E-state index contributed by atoms with van der Waals surface area (Å²) in [5.41, 5.74) is 1.21. The molecule has 0 aromatic heterocycles. The van der Waals surface area contributed by atoms with Gasteiger partial charge in [-0.25, -0.2) is 0 Å². The Hall–Kier alpha value is -1.02. The van der Waals surface area contributed by atoms with Gasteiger partial charge in [-0.1, -0.05) is 38.8 Å². The van der Waals surface area contributed by atoms with Crippen LogP contribution in [0.1, 0.15) is 65.4 Å². The molecule has 0 unspecified atom stereocenters. The molecule has 0 atom stereocenters. The molecular weight excluding hydrogens is 284 g/mol. The fourth-order valence-electron chi connectivity index (χ4n) is 1.95. The van der Waals surface area contributed by atoms with Gasteiger partial charge in [-0.3, -0.25) is 0 Å². The van der Waals surface area contributed by atoms with E-state index in [-0.39, 0.29) is 5.78 Å². The number of ether oxygens (including phenoxy) is 1. The molecule has 21 heavy (non-hydrogen) atoms. The Morgan fingerprint density at radius 1 is 1.14 bits per heavy atom. The first-order valence-electron chi connectivity index (χ1n) is 8.03. The van der Waals surface area contributed by atoms with E-state index < -0.39 is 0 Å². The van der Waals surface area contributed by atoms with Crippen molar-refractivity contribution in [3.8, 4) is 5.75 Å². The molecule has 0 amide bonds. The number of ketones is 1. The fourth-order valence-corrected chi connectivity index (χ4v) is 2.20. The Morgan fingerprint density at radius 3 is 2.48 bits per heavy atom. The standard InChI is InChI=1S/C16H23ClO2.C2H6/c1-3-9-19-16-11-14(10-15(17)12-16)8-6-4-5-7-13(2)18;1-2/h10-12H,3-9H2,1-2H3;1-2H3. The van der Waals surface area contributed by atoms with Crippen molar-refractivity contribution in [3.05, 3.63) is 28.8 Å². The third-order valence-corrected chi connectivity index (χ3v) is 3.12. The molecule has 0 bridgehead atoms. The molecule has 0 heterocycles. The quantitative estimate of drug-likeness (QED) is 0.535. The van der Waals surface area contributed by atoms with Gasteiger partial charge in [0.1, 0.15) is 11.5 Å². The van der Waals surface area contributed by atoms with Crippen molar-refractivity contribution in [1.82, 2.24) is 0 Å². The Kier molecular flexibility index (Phi) is 12.1. The SMILES string of the molecule is CC.CCCOc1cc(Cl)cc(CCCCCC(C)=O)c1. The van der Waals surface area contributed by atoms with Crippen LogP contribution < -0.4 is 4.74 Å². The Balaban J connectivity index is 0.00000191. The summed E-state index contributed by atoms with van der Waals surface area (Å²) in [7, 11) is 0. The second-order valence-electron chi connectivity index (χ2n) is 4.91. The lowest BCUT2D eigenvalue weighted by Crippen LogP contribution is -1.96. The minimum atomic E-state index is 0.276. The third kappa shape index (κ3) is 10.4. The monoisotopic (exact) mass is 312 g/mol. The molecule has 0 aliphatic rings. The van der Waals surface area contributed by atoms with Gasteiger partial charge in [0.2, 0.25) is 0 Å². The molecule has 0 aliphatic carbocycles. The number of carbonyl (C=O) groups is 1. The van der Waals surface area contributed by atoms with E-state index in [1.54, 1.807) is 6.92 Å². The summed E-state index contributed by atoms with van der Waals surface area (Å²) in [6.07, 6.45) is 5.82. The summed E-state index contributed by atoms with van der Waals surface area (Å²) in [5.74, 6) is 1.13. The van der Waals surface area contributed by atoms with Gasteiger partial charge in [0.05, 0.1) is 6.61 Å². The van der Waals surface area contributed by atoms with Crippen molar-refractivity contribution in [2.45, 2.75) is 66.2 Å². The van der Waals surface area contributed by atoms with Crippen molar-refractivity contribution in [2.75, 3.05) is 6.61 Å². The highest BCUT2D eigenvalue weighted by molar-refractivity contribution is 6.30. The molecule has 0 fully saturated rings. The van der Waals surface area contributed by atoms with Crippen LogP contribution in [0.4, 0.5) is 0 Å². The van der Waals surface area contributed by atoms with E-state index in [2.05, 4.69) is 13.0 Å². The first-order chi connectivity index (χ1) is 10.1. The molecule has 0 saturated heterocycles. The van der Waals surface area contributed by atoms with Crippen LogP contribution in [0.5, 0.6) is 5.75 Å². The van der Waals surface area contributed by atoms with Gasteiger partial charge in [-0.15, -0.1) is 0 Å². The predicted octanol–water partition coefficient (Wildman–Crippen LogP) is 5.85. The maximum absolute atomic E-state index is 10.8. The molecule has 0 N–H and O–H groups in total. The normalized spacial score (nSPS) is 9.76. The van der Waals surface area contributed by atoms with Crippen LogP contribution in [0.25, 0.3) is 0 Å².